The Morgan fingerprint density at radius 3 is 2.59 bits per heavy atom. The summed E-state index contributed by atoms with van der Waals surface area (Å²) in [4.78, 5) is 5.24. The molecule has 2 aliphatic heterocycles. The first-order chi connectivity index (χ1) is 8.12. The summed E-state index contributed by atoms with van der Waals surface area (Å²) in [7, 11) is 0. The van der Waals surface area contributed by atoms with Crippen molar-refractivity contribution in [1.29, 1.82) is 0 Å². The van der Waals surface area contributed by atoms with Gasteiger partial charge in [-0.3, -0.25) is 9.80 Å². The van der Waals surface area contributed by atoms with Gasteiger partial charge >= 0.3 is 0 Å². The molecule has 2 nitrogen and oxygen atoms in total. The van der Waals surface area contributed by atoms with Crippen LogP contribution in [0.3, 0.4) is 0 Å². The second kappa shape index (κ2) is 4.25. The number of likely N-dealkylation sites (tertiary alicyclic amines) is 2. The molecule has 2 saturated heterocycles. The summed E-state index contributed by atoms with van der Waals surface area (Å²) in [5.74, 6) is 0. The highest BCUT2D eigenvalue weighted by atomic mass is 15.3. The summed E-state index contributed by atoms with van der Waals surface area (Å²) >= 11 is 0. The summed E-state index contributed by atoms with van der Waals surface area (Å²) in [6, 6.07) is 0.844. The van der Waals surface area contributed by atoms with E-state index in [1.165, 1.54) is 51.1 Å². The van der Waals surface area contributed by atoms with Gasteiger partial charge in [0.2, 0.25) is 0 Å². The van der Waals surface area contributed by atoms with E-state index in [0.29, 0.717) is 5.41 Å². The monoisotopic (exact) mass is 232 g/mol. The van der Waals surface area contributed by atoms with Gasteiger partial charge in [0.25, 0.3) is 0 Å². The van der Waals surface area contributed by atoms with Crippen LogP contribution in [0.4, 0.5) is 0 Å². The van der Waals surface area contributed by atoms with Gasteiger partial charge in [-0.15, -0.1) is 0 Å². The topological polar surface area (TPSA) is 6.48 Å². The number of rotatable bonds is 3. The maximum atomic E-state index is 2.65. The third-order valence-electron chi connectivity index (χ3n) is 4.19. The molecule has 0 aromatic rings. The van der Waals surface area contributed by atoms with Crippen molar-refractivity contribution in [3.05, 3.63) is 23.8 Å². The lowest BCUT2D eigenvalue weighted by Crippen LogP contribution is -2.67. The van der Waals surface area contributed by atoms with Crippen LogP contribution in [0.2, 0.25) is 0 Å². The zero-order valence-electron chi connectivity index (χ0n) is 11.2. The van der Waals surface area contributed by atoms with E-state index in [4.69, 9.17) is 0 Å². The van der Waals surface area contributed by atoms with Crippen molar-refractivity contribution in [2.24, 2.45) is 5.41 Å². The van der Waals surface area contributed by atoms with E-state index in [1.54, 1.807) is 0 Å². The fourth-order valence-corrected chi connectivity index (χ4v) is 3.26. The molecule has 2 heteroatoms. The summed E-state index contributed by atoms with van der Waals surface area (Å²) in [6.07, 6.45) is 9.49. The van der Waals surface area contributed by atoms with Crippen molar-refractivity contribution in [3.63, 3.8) is 0 Å². The summed E-state index contributed by atoms with van der Waals surface area (Å²) < 4.78 is 0. The molecule has 0 N–H and O–H groups in total. The minimum absolute atomic E-state index is 0.578. The summed E-state index contributed by atoms with van der Waals surface area (Å²) in [5.41, 5.74) is 2.10. The van der Waals surface area contributed by atoms with E-state index in [-0.39, 0.29) is 0 Å². The molecule has 0 atom stereocenters. The molecule has 0 aromatic heterocycles. The standard InChI is InChI=1S/C15H24N2/c1-15(2)11-17(12-15)14-9-16(10-14)8-13-6-4-3-5-7-13/h4,6-7,14H,3,5,8-12H2,1-2H3. The Bertz CT molecular complexity index is 340. The lowest BCUT2D eigenvalue weighted by molar-refractivity contribution is -0.0618. The SMILES string of the molecule is CC1(C)CN(C2CN(CC3=CCCC=C3)C2)C1. The maximum Gasteiger partial charge on any atom is 0.0351 e. The van der Waals surface area contributed by atoms with Crippen molar-refractivity contribution in [2.45, 2.75) is 32.7 Å². The molecule has 0 radical (unpaired) electrons. The van der Waals surface area contributed by atoms with Gasteiger partial charge in [0.05, 0.1) is 0 Å². The van der Waals surface area contributed by atoms with E-state index in [2.05, 4.69) is 41.9 Å². The molecule has 0 unspecified atom stereocenters. The Morgan fingerprint density at radius 2 is 2.00 bits per heavy atom. The van der Waals surface area contributed by atoms with Crippen LogP contribution in [0.15, 0.2) is 23.8 Å². The molecule has 2 heterocycles. The highest BCUT2D eigenvalue weighted by Crippen LogP contribution is 2.33. The lowest BCUT2D eigenvalue weighted by atomic mass is 9.82. The van der Waals surface area contributed by atoms with Crippen LogP contribution < -0.4 is 0 Å². The molecule has 3 aliphatic rings. The van der Waals surface area contributed by atoms with Gasteiger partial charge in [0, 0.05) is 38.8 Å². The molecule has 0 bridgehead atoms. The molecule has 3 rings (SSSR count). The summed E-state index contributed by atoms with van der Waals surface area (Å²) in [5, 5.41) is 0. The summed E-state index contributed by atoms with van der Waals surface area (Å²) in [6.45, 7) is 11.1. The number of allylic oxidation sites excluding steroid dienone is 2. The van der Waals surface area contributed by atoms with Crippen LogP contribution in [0, 0.1) is 5.41 Å². The van der Waals surface area contributed by atoms with Crippen LogP contribution in [0.25, 0.3) is 0 Å². The molecule has 0 saturated carbocycles. The molecule has 0 aromatic carbocycles. The van der Waals surface area contributed by atoms with Crippen LogP contribution in [0.5, 0.6) is 0 Å². The molecular formula is C15H24N2. The van der Waals surface area contributed by atoms with Crippen LogP contribution in [-0.2, 0) is 0 Å². The average molecular weight is 232 g/mol. The molecule has 0 amide bonds. The average Bonchev–Trinajstić information content (AvgIpc) is 2.21. The van der Waals surface area contributed by atoms with Crippen molar-refractivity contribution in [2.75, 3.05) is 32.7 Å². The van der Waals surface area contributed by atoms with Gasteiger partial charge in [-0.05, 0) is 23.8 Å². The van der Waals surface area contributed by atoms with Gasteiger partial charge in [-0.1, -0.05) is 32.1 Å². The normalized spacial score (nSPS) is 29.6. The predicted octanol–water partition coefficient (Wildman–Crippen LogP) is 2.29. The predicted molar refractivity (Wildman–Crippen MR) is 72.0 cm³/mol. The van der Waals surface area contributed by atoms with E-state index in [0.717, 1.165) is 6.04 Å². The minimum atomic E-state index is 0.578. The van der Waals surface area contributed by atoms with Crippen LogP contribution in [-0.4, -0.2) is 48.6 Å². The van der Waals surface area contributed by atoms with Crippen molar-refractivity contribution < 1.29 is 0 Å². The first kappa shape index (κ1) is 11.5. The Labute approximate surface area is 105 Å². The molecule has 2 fully saturated rings. The Hall–Kier alpha value is -0.600. The maximum absolute atomic E-state index is 2.65. The third-order valence-corrected chi connectivity index (χ3v) is 4.19. The quantitative estimate of drug-likeness (QED) is 0.736. The van der Waals surface area contributed by atoms with Crippen molar-refractivity contribution in [3.8, 4) is 0 Å². The first-order valence-electron chi connectivity index (χ1n) is 6.94. The fraction of sp³-hybridized carbons (Fsp3) is 0.733. The molecule has 17 heavy (non-hydrogen) atoms. The van der Waals surface area contributed by atoms with Gasteiger partial charge in [-0.25, -0.2) is 0 Å². The molecule has 1 aliphatic carbocycles. The Morgan fingerprint density at radius 1 is 1.24 bits per heavy atom. The van der Waals surface area contributed by atoms with Gasteiger partial charge in [-0.2, -0.15) is 0 Å². The Balaban J connectivity index is 1.40. The highest BCUT2D eigenvalue weighted by molar-refractivity contribution is 5.24. The second-order valence-electron chi connectivity index (χ2n) is 6.68. The number of hydrogen-bond acceptors (Lipinski definition) is 2. The minimum Gasteiger partial charge on any atom is -0.297 e. The van der Waals surface area contributed by atoms with Crippen LogP contribution >= 0.6 is 0 Å². The number of hydrogen-bond donors (Lipinski definition) is 0. The van der Waals surface area contributed by atoms with Crippen LogP contribution in [0.1, 0.15) is 26.7 Å². The van der Waals surface area contributed by atoms with E-state index < -0.39 is 0 Å². The molecule has 94 valence electrons. The van der Waals surface area contributed by atoms with E-state index >= 15 is 0 Å². The smallest absolute Gasteiger partial charge is 0.0351 e. The van der Waals surface area contributed by atoms with Gasteiger partial charge in [0.1, 0.15) is 0 Å². The lowest BCUT2D eigenvalue weighted by Gasteiger charge is -2.55. The van der Waals surface area contributed by atoms with Gasteiger partial charge < -0.3 is 0 Å². The molecule has 0 spiro atoms. The first-order valence-corrected chi connectivity index (χ1v) is 6.94. The van der Waals surface area contributed by atoms with Crippen molar-refractivity contribution in [1.82, 2.24) is 9.80 Å². The van der Waals surface area contributed by atoms with E-state index in [9.17, 15) is 0 Å². The van der Waals surface area contributed by atoms with E-state index in [1.807, 2.05) is 0 Å². The number of nitrogens with zero attached hydrogens (tertiary/aromatic N) is 2. The Kier molecular flexibility index (Phi) is 2.87. The zero-order chi connectivity index (χ0) is 11.9. The molecular weight excluding hydrogens is 208 g/mol. The second-order valence-corrected chi connectivity index (χ2v) is 6.68. The zero-order valence-corrected chi connectivity index (χ0v) is 11.2. The van der Waals surface area contributed by atoms with Crippen molar-refractivity contribution >= 4 is 0 Å². The largest absolute Gasteiger partial charge is 0.297 e. The van der Waals surface area contributed by atoms with Gasteiger partial charge in [0.15, 0.2) is 0 Å². The highest BCUT2D eigenvalue weighted by Gasteiger charge is 2.42. The third kappa shape index (κ3) is 2.48. The fourth-order valence-electron chi connectivity index (χ4n) is 3.26.